The van der Waals surface area contributed by atoms with Gasteiger partial charge >= 0.3 is 6.18 Å². The predicted octanol–water partition coefficient (Wildman–Crippen LogP) is 4.84. The summed E-state index contributed by atoms with van der Waals surface area (Å²) in [4.78, 5) is 14.8. The molecule has 0 aliphatic carbocycles. The summed E-state index contributed by atoms with van der Waals surface area (Å²) < 4.78 is 66.6. The summed E-state index contributed by atoms with van der Waals surface area (Å²) in [5, 5.41) is 0.357. The molecule has 1 saturated heterocycles. The molecule has 0 spiro atoms. The van der Waals surface area contributed by atoms with E-state index in [0.29, 0.717) is 30.3 Å². The second kappa shape index (κ2) is 7.55. The maximum Gasteiger partial charge on any atom is 0.416 e. The number of fused-ring (bicyclic) bond motifs is 1. The Labute approximate surface area is 171 Å². The molecule has 1 aliphatic rings. The normalized spacial score (nSPS) is 16.1. The van der Waals surface area contributed by atoms with E-state index < -0.39 is 21.8 Å². The Balaban J connectivity index is 1.82. The van der Waals surface area contributed by atoms with Crippen LogP contribution in [0.25, 0.3) is 22.2 Å². The number of alkyl halides is 3. The summed E-state index contributed by atoms with van der Waals surface area (Å²) in [6.07, 6.45) is -1.40. The summed E-state index contributed by atoms with van der Waals surface area (Å²) in [5.74, 6) is 0. The van der Waals surface area contributed by atoms with Crippen molar-refractivity contribution in [3.63, 3.8) is 0 Å². The maximum atomic E-state index is 13.1. The fraction of sp³-hybridized carbons (Fsp3) is 0.286. The van der Waals surface area contributed by atoms with Crippen molar-refractivity contribution in [2.24, 2.45) is 0 Å². The highest BCUT2D eigenvalue weighted by Crippen LogP contribution is 2.35. The number of nitrogens with zero attached hydrogens (tertiary/aromatic N) is 1. The first kappa shape index (κ1) is 20.6. The third-order valence-corrected chi connectivity index (χ3v) is 7.25. The average molecular weight is 436 g/mol. The molecule has 3 aromatic rings. The van der Waals surface area contributed by atoms with E-state index >= 15 is 0 Å². The molecular weight excluding hydrogens is 417 g/mol. The van der Waals surface area contributed by atoms with Crippen molar-refractivity contribution in [2.45, 2.75) is 30.3 Å². The first-order valence-corrected chi connectivity index (χ1v) is 10.9. The Hall–Kier alpha value is -2.65. The molecule has 2 heterocycles. The van der Waals surface area contributed by atoms with Crippen molar-refractivity contribution in [3.05, 3.63) is 53.6 Å². The number of hydrogen-bond acceptors (Lipinski definition) is 3. The number of H-pyrrole nitrogens is 1. The van der Waals surface area contributed by atoms with Crippen LogP contribution in [0.3, 0.4) is 0 Å². The number of nitrogens with one attached hydrogen (secondary N) is 1. The number of benzene rings is 2. The minimum absolute atomic E-state index is 0.0644. The molecule has 0 amide bonds. The van der Waals surface area contributed by atoms with E-state index in [0.717, 1.165) is 31.4 Å². The van der Waals surface area contributed by atoms with Crippen LogP contribution in [0.1, 0.15) is 35.2 Å². The minimum atomic E-state index is -4.51. The van der Waals surface area contributed by atoms with Gasteiger partial charge in [-0.25, -0.2) is 8.42 Å². The fourth-order valence-electron chi connectivity index (χ4n) is 3.81. The van der Waals surface area contributed by atoms with Crippen molar-refractivity contribution in [1.29, 1.82) is 0 Å². The van der Waals surface area contributed by atoms with E-state index in [1.807, 2.05) is 0 Å². The highest BCUT2D eigenvalue weighted by Gasteiger charge is 2.31. The van der Waals surface area contributed by atoms with Crippen LogP contribution >= 0.6 is 0 Å². The average Bonchev–Trinajstić information content (AvgIpc) is 3.11. The van der Waals surface area contributed by atoms with Crippen LogP contribution in [-0.4, -0.2) is 37.1 Å². The smallest absolute Gasteiger partial charge is 0.354 e. The van der Waals surface area contributed by atoms with Crippen molar-refractivity contribution in [1.82, 2.24) is 9.29 Å². The predicted molar refractivity (Wildman–Crippen MR) is 107 cm³/mol. The van der Waals surface area contributed by atoms with Crippen LogP contribution < -0.4 is 0 Å². The summed E-state index contributed by atoms with van der Waals surface area (Å²) in [5.41, 5.74) is 0.188. The molecule has 5 nitrogen and oxygen atoms in total. The van der Waals surface area contributed by atoms with Crippen LogP contribution in [-0.2, 0) is 16.2 Å². The van der Waals surface area contributed by atoms with E-state index in [4.69, 9.17) is 0 Å². The first-order chi connectivity index (χ1) is 14.2. The molecule has 0 radical (unpaired) electrons. The van der Waals surface area contributed by atoms with Gasteiger partial charge in [-0.1, -0.05) is 18.6 Å². The zero-order chi connectivity index (χ0) is 21.5. The summed E-state index contributed by atoms with van der Waals surface area (Å²) in [6, 6.07) is 9.06. The Kier molecular flexibility index (Phi) is 5.19. The lowest BCUT2D eigenvalue weighted by Gasteiger charge is -2.25. The highest BCUT2D eigenvalue weighted by molar-refractivity contribution is 7.89. The zero-order valence-electron chi connectivity index (χ0n) is 15.9. The van der Waals surface area contributed by atoms with E-state index in [2.05, 4.69) is 4.98 Å². The highest BCUT2D eigenvalue weighted by atomic mass is 32.2. The van der Waals surface area contributed by atoms with Crippen molar-refractivity contribution < 1.29 is 26.4 Å². The number of rotatable bonds is 4. The van der Waals surface area contributed by atoms with Gasteiger partial charge in [-0.15, -0.1) is 0 Å². The molecule has 1 N–H and O–H groups in total. The number of aromatic amines is 1. The van der Waals surface area contributed by atoms with Gasteiger partial charge < -0.3 is 4.98 Å². The maximum absolute atomic E-state index is 13.1. The molecule has 0 bridgehead atoms. The van der Waals surface area contributed by atoms with Crippen LogP contribution in [0.15, 0.2) is 47.4 Å². The topological polar surface area (TPSA) is 70.2 Å². The van der Waals surface area contributed by atoms with E-state index in [1.54, 1.807) is 0 Å². The molecule has 1 aliphatic heterocycles. The van der Waals surface area contributed by atoms with E-state index in [1.165, 1.54) is 34.6 Å². The van der Waals surface area contributed by atoms with Crippen molar-refractivity contribution in [2.75, 3.05) is 13.1 Å². The molecule has 0 atom stereocenters. The summed E-state index contributed by atoms with van der Waals surface area (Å²) >= 11 is 0. The van der Waals surface area contributed by atoms with E-state index in [9.17, 15) is 26.4 Å². The second-order valence-electron chi connectivity index (χ2n) is 7.28. The van der Waals surface area contributed by atoms with Crippen LogP contribution in [0.5, 0.6) is 0 Å². The van der Waals surface area contributed by atoms with Crippen molar-refractivity contribution >= 4 is 27.2 Å². The molecular formula is C21H19F3N2O3S. The molecule has 0 unspecified atom stereocenters. The third kappa shape index (κ3) is 3.63. The lowest BCUT2D eigenvalue weighted by Crippen LogP contribution is -2.35. The fourth-order valence-corrected chi connectivity index (χ4v) is 5.35. The number of carbonyl (C=O) groups is 1. The molecule has 1 aromatic heterocycles. The van der Waals surface area contributed by atoms with Crippen molar-refractivity contribution in [3.8, 4) is 11.3 Å². The number of sulfonamides is 1. The number of aromatic nitrogens is 1. The molecule has 30 heavy (non-hydrogen) atoms. The monoisotopic (exact) mass is 436 g/mol. The van der Waals surface area contributed by atoms with Crippen LogP contribution in [0.2, 0.25) is 0 Å². The van der Waals surface area contributed by atoms with Gasteiger partial charge in [-0.3, -0.25) is 4.79 Å². The van der Waals surface area contributed by atoms with E-state index in [-0.39, 0.29) is 21.7 Å². The van der Waals surface area contributed by atoms with Crippen LogP contribution in [0.4, 0.5) is 13.2 Å². The molecule has 2 aromatic carbocycles. The quantitative estimate of drug-likeness (QED) is 0.595. The van der Waals surface area contributed by atoms with Crippen LogP contribution in [0, 0.1) is 0 Å². The van der Waals surface area contributed by atoms with Gasteiger partial charge in [0.05, 0.1) is 16.2 Å². The van der Waals surface area contributed by atoms with Gasteiger partial charge in [0, 0.05) is 29.6 Å². The first-order valence-electron chi connectivity index (χ1n) is 9.50. The van der Waals surface area contributed by atoms with Gasteiger partial charge in [0.2, 0.25) is 10.0 Å². The summed E-state index contributed by atoms with van der Waals surface area (Å²) in [6.45, 7) is 0.896. The minimum Gasteiger partial charge on any atom is -0.354 e. The zero-order valence-corrected chi connectivity index (χ0v) is 16.7. The third-order valence-electron chi connectivity index (χ3n) is 5.36. The lowest BCUT2D eigenvalue weighted by molar-refractivity contribution is -0.137. The molecule has 9 heteroatoms. The Morgan fingerprint density at radius 3 is 2.40 bits per heavy atom. The summed E-state index contributed by atoms with van der Waals surface area (Å²) in [7, 11) is -3.71. The number of piperidine rings is 1. The molecule has 1 fully saturated rings. The number of halogens is 3. The number of aldehydes is 1. The number of hydrogen-bond donors (Lipinski definition) is 1. The van der Waals surface area contributed by atoms with Gasteiger partial charge in [0.15, 0.2) is 6.29 Å². The Morgan fingerprint density at radius 1 is 1.00 bits per heavy atom. The number of carbonyl (C=O) groups excluding carboxylic acids is 1. The molecule has 0 saturated carbocycles. The standard InChI is InChI=1S/C21H19F3N2O3S/c22-21(23,24)15-6-4-5-14(11-15)20-18(13-27)17-12-16(7-8-19(17)25-20)30(28,29)26-9-2-1-3-10-26/h4-8,11-13,25H,1-3,9-10H2. The Morgan fingerprint density at radius 2 is 1.73 bits per heavy atom. The largest absolute Gasteiger partial charge is 0.416 e. The van der Waals surface area contributed by atoms with Gasteiger partial charge in [-0.05, 0) is 48.7 Å². The van der Waals surface area contributed by atoms with Gasteiger partial charge in [0.25, 0.3) is 0 Å². The lowest BCUT2D eigenvalue weighted by atomic mass is 10.0. The molecule has 4 rings (SSSR count). The molecule has 158 valence electrons. The van der Waals surface area contributed by atoms with Gasteiger partial charge in [0.1, 0.15) is 0 Å². The Bertz CT molecular complexity index is 1210. The van der Waals surface area contributed by atoms with Gasteiger partial charge in [-0.2, -0.15) is 17.5 Å². The SMILES string of the molecule is O=Cc1c(-c2cccc(C(F)(F)F)c2)[nH]c2ccc(S(=O)(=O)N3CCCCC3)cc12. The second-order valence-corrected chi connectivity index (χ2v) is 9.22.